The summed E-state index contributed by atoms with van der Waals surface area (Å²) in [6, 6.07) is 9.18. The summed E-state index contributed by atoms with van der Waals surface area (Å²) < 4.78 is 0. The topological polar surface area (TPSA) is 80.9 Å². The molecule has 0 saturated carbocycles. The van der Waals surface area contributed by atoms with Crippen molar-refractivity contribution in [3.05, 3.63) is 52.6 Å². The number of nitrogens with zero attached hydrogens (tertiary/aromatic N) is 2. The molecule has 0 aliphatic carbocycles. The number of pyridine rings is 1. The fraction of sp³-hybridized carbons (Fsp3) is 0.133. The second kappa shape index (κ2) is 5.49. The minimum Gasteiger partial charge on any atom is -0.383 e. The molecule has 3 rings (SSSR count). The van der Waals surface area contributed by atoms with Gasteiger partial charge in [-0.1, -0.05) is 24.3 Å². The first kappa shape index (κ1) is 13.5. The van der Waals surface area contributed by atoms with Gasteiger partial charge in [0.25, 0.3) is 5.91 Å². The second-order valence-corrected chi connectivity index (χ2v) is 5.61. The fourth-order valence-corrected chi connectivity index (χ4v) is 2.77. The van der Waals surface area contributed by atoms with Crippen molar-refractivity contribution in [2.24, 2.45) is 0 Å². The number of aromatic nitrogens is 2. The number of nitrogens with one attached hydrogen (secondary N) is 1. The smallest absolute Gasteiger partial charge is 0.270 e. The monoisotopic (exact) mass is 298 g/mol. The summed E-state index contributed by atoms with van der Waals surface area (Å²) >= 11 is 1.50. The number of carbonyl (C=O) groups excluding carboxylic acids is 1. The van der Waals surface area contributed by atoms with Crippen LogP contribution in [0.4, 0.5) is 5.82 Å². The SMILES string of the molecule is CC(NC(=O)c1cc2ccccc2c(N)n1)c1nccs1. The van der Waals surface area contributed by atoms with Crippen LogP contribution in [0.5, 0.6) is 0 Å². The van der Waals surface area contributed by atoms with Gasteiger partial charge in [0, 0.05) is 17.0 Å². The average molecular weight is 298 g/mol. The lowest BCUT2D eigenvalue weighted by Gasteiger charge is -2.11. The molecule has 1 aromatic carbocycles. The van der Waals surface area contributed by atoms with Crippen LogP contribution in [0, 0.1) is 0 Å². The fourth-order valence-electron chi connectivity index (χ4n) is 2.12. The van der Waals surface area contributed by atoms with E-state index in [-0.39, 0.29) is 11.9 Å². The largest absolute Gasteiger partial charge is 0.383 e. The molecule has 0 spiro atoms. The van der Waals surface area contributed by atoms with Gasteiger partial charge in [0.05, 0.1) is 6.04 Å². The molecule has 3 N–H and O–H groups in total. The van der Waals surface area contributed by atoms with Gasteiger partial charge < -0.3 is 11.1 Å². The van der Waals surface area contributed by atoms with Crippen LogP contribution < -0.4 is 11.1 Å². The molecular weight excluding hydrogens is 284 g/mol. The van der Waals surface area contributed by atoms with E-state index < -0.39 is 0 Å². The van der Waals surface area contributed by atoms with Crippen LogP contribution in [-0.4, -0.2) is 15.9 Å². The summed E-state index contributed by atoms with van der Waals surface area (Å²) in [7, 11) is 0. The lowest BCUT2D eigenvalue weighted by Crippen LogP contribution is -2.27. The molecule has 2 heterocycles. The molecular formula is C15H14N4OS. The number of nitrogens with two attached hydrogens (primary N) is 1. The van der Waals surface area contributed by atoms with Crippen LogP contribution in [0.1, 0.15) is 28.5 Å². The molecule has 2 aromatic heterocycles. The third-order valence-corrected chi connectivity index (χ3v) is 4.13. The molecule has 0 saturated heterocycles. The molecule has 0 aliphatic rings. The minimum atomic E-state index is -0.254. The zero-order valence-electron chi connectivity index (χ0n) is 11.4. The van der Waals surface area contributed by atoms with Crippen LogP contribution in [-0.2, 0) is 0 Å². The summed E-state index contributed by atoms with van der Waals surface area (Å²) in [5.74, 6) is 0.107. The zero-order chi connectivity index (χ0) is 14.8. The van der Waals surface area contributed by atoms with Gasteiger partial charge in [0.2, 0.25) is 0 Å². The Morgan fingerprint density at radius 1 is 1.38 bits per heavy atom. The third-order valence-electron chi connectivity index (χ3n) is 3.17. The second-order valence-electron chi connectivity index (χ2n) is 4.68. The first-order valence-corrected chi connectivity index (χ1v) is 7.38. The molecule has 0 bridgehead atoms. The van der Waals surface area contributed by atoms with Crippen molar-refractivity contribution in [1.29, 1.82) is 0 Å². The van der Waals surface area contributed by atoms with Gasteiger partial charge in [-0.15, -0.1) is 11.3 Å². The van der Waals surface area contributed by atoms with Crippen molar-refractivity contribution < 1.29 is 4.79 Å². The number of rotatable bonds is 3. The highest BCUT2D eigenvalue weighted by Gasteiger charge is 2.15. The number of hydrogen-bond acceptors (Lipinski definition) is 5. The van der Waals surface area contributed by atoms with E-state index in [0.29, 0.717) is 11.5 Å². The number of thiazole rings is 1. The van der Waals surface area contributed by atoms with E-state index in [0.717, 1.165) is 15.8 Å². The number of anilines is 1. The van der Waals surface area contributed by atoms with Gasteiger partial charge >= 0.3 is 0 Å². The maximum atomic E-state index is 12.3. The highest BCUT2D eigenvalue weighted by molar-refractivity contribution is 7.09. The van der Waals surface area contributed by atoms with Crippen LogP contribution in [0.15, 0.2) is 41.9 Å². The van der Waals surface area contributed by atoms with Crippen molar-refractivity contribution in [2.75, 3.05) is 5.73 Å². The average Bonchev–Trinajstić information content (AvgIpc) is 3.01. The lowest BCUT2D eigenvalue weighted by molar-refractivity contribution is 0.0935. The van der Waals surface area contributed by atoms with Gasteiger partial charge in [0.1, 0.15) is 16.5 Å². The number of benzene rings is 1. The summed E-state index contributed by atoms with van der Waals surface area (Å²) in [6.07, 6.45) is 1.72. The Bertz CT molecular complexity index is 785. The molecule has 0 aliphatic heterocycles. The highest BCUT2D eigenvalue weighted by atomic mass is 32.1. The highest BCUT2D eigenvalue weighted by Crippen LogP contribution is 2.21. The van der Waals surface area contributed by atoms with Crippen LogP contribution in [0.3, 0.4) is 0 Å². The molecule has 1 unspecified atom stereocenters. The Balaban J connectivity index is 1.88. The zero-order valence-corrected chi connectivity index (χ0v) is 12.2. The summed E-state index contributed by atoms with van der Waals surface area (Å²) in [5, 5.41) is 7.37. The van der Waals surface area contributed by atoms with Crippen molar-refractivity contribution in [2.45, 2.75) is 13.0 Å². The van der Waals surface area contributed by atoms with Gasteiger partial charge in [-0.25, -0.2) is 9.97 Å². The summed E-state index contributed by atoms with van der Waals surface area (Å²) in [4.78, 5) is 20.7. The molecule has 5 nitrogen and oxygen atoms in total. The Hall–Kier alpha value is -2.47. The standard InChI is InChI=1S/C15H14N4OS/c1-9(15-17-6-7-21-15)18-14(20)12-8-10-4-2-3-5-11(10)13(16)19-12/h2-9H,1H3,(H2,16,19)(H,18,20). The predicted octanol–water partition coefficient (Wildman–Crippen LogP) is 2.76. The lowest BCUT2D eigenvalue weighted by atomic mass is 10.1. The van der Waals surface area contributed by atoms with E-state index in [2.05, 4.69) is 15.3 Å². The Kier molecular flexibility index (Phi) is 3.53. The van der Waals surface area contributed by atoms with E-state index in [9.17, 15) is 4.79 Å². The summed E-state index contributed by atoms with van der Waals surface area (Å²) in [5.41, 5.74) is 6.23. The number of nitrogen functional groups attached to an aromatic ring is 1. The molecule has 21 heavy (non-hydrogen) atoms. The van der Waals surface area contributed by atoms with Crippen molar-refractivity contribution in [3.63, 3.8) is 0 Å². The van der Waals surface area contributed by atoms with E-state index in [4.69, 9.17) is 5.73 Å². The van der Waals surface area contributed by atoms with Gasteiger partial charge in [-0.05, 0) is 18.4 Å². The molecule has 1 amide bonds. The predicted molar refractivity (Wildman–Crippen MR) is 84.2 cm³/mol. The molecule has 0 fully saturated rings. The van der Waals surface area contributed by atoms with Crippen molar-refractivity contribution in [1.82, 2.24) is 15.3 Å². The Morgan fingerprint density at radius 2 is 2.19 bits per heavy atom. The van der Waals surface area contributed by atoms with E-state index in [1.165, 1.54) is 11.3 Å². The quantitative estimate of drug-likeness (QED) is 0.779. The van der Waals surface area contributed by atoms with E-state index >= 15 is 0 Å². The number of hydrogen-bond donors (Lipinski definition) is 2. The first-order valence-electron chi connectivity index (χ1n) is 6.50. The number of fused-ring (bicyclic) bond motifs is 1. The van der Waals surface area contributed by atoms with Crippen LogP contribution >= 0.6 is 11.3 Å². The number of carbonyl (C=O) groups is 1. The van der Waals surface area contributed by atoms with E-state index in [1.54, 1.807) is 12.3 Å². The minimum absolute atomic E-state index is 0.160. The molecule has 3 aromatic rings. The molecule has 1 atom stereocenters. The van der Waals surface area contributed by atoms with Crippen molar-refractivity contribution >= 4 is 33.8 Å². The van der Waals surface area contributed by atoms with Crippen LogP contribution in [0.25, 0.3) is 10.8 Å². The van der Waals surface area contributed by atoms with Crippen LogP contribution in [0.2, 0.25) is 0 Å². The normalized spacial score (nSPS) is 12.2. The Labute approximate surface area is 125 Å². The van der Waals surface area contributed by atoms with Crippen molar-refractivity contribution in [3.8, 4) is 0 Å². The van der Waals surface area contributed by atoms with Gasteiger partial charge in [0.15, 0.2) is 0 Å². The first-order chi connectivity index (χ1) is 10.1. The molecule has 106 valence electrons. The molecule has 6 heteroatoms. The summed E-state index contributed by atoms with van der Waals surface area (Å²) in [6.45, 7) is 1.89. The van der Waals surface area contributed by atoms with Gasteiger partial charge in [-0.2, -0.15) is 0 Å². The Morgan fingerprint density at radius 3 is 2.95 bits per heavy atom. The maximum Gasteiger partial charge on any atom is 0.270 e. The third kappa shape index (κ3) is 2.71. The molecule has 0 radical (unpaired) electrons. The van der Waals surface area contributed by atoms with Gasteiger partial charge in [-0.3, -0.25) is 4.79 Å². The van der Waals surface area contributed by atoms with E-state index in [1.807, 2.05) is 36.6 Å². The number of amides is 1. The maximum absolute atomic E-state index is 12.3.